The van der Waals surface area contributed by atoms with Gasteiger partial charge in [-0.3, -0.25) is 9.48 Å². The highest BCUT2D eigenvalue weighted by Gasteiger charge is 2.20. The molecule has 6 heteroatoms. The maximum Gasteiger partial charge on any atom is 0.231 e. The predicted molar refractivity (Wildman–Crippen MR) is 70.5 cm³/mol. The Kier molecular flexibility index (Phi) is 3.73. The number of halogens is 1. The number of aromatic nitrogens is 3. The van der Waals surface area contributed by atoms with Gasteiger partial charge in [-0.25, -0.2) is 4.98 Å². The molecule has 0 aromatic carbocycles. The van der Waals surface area contributed by atoms with Crippen molar-refractivity contribution in [3.05, 3.63) is 32.4 Å². The summed E-state index contributed by atoms with van der Waals surface area (Å²) in [6.07, 6.45) is 2.59. The molecule has 0 bridgehead atoms. The molecule has 17 heavy (non-hydrogen) atoms. The highest BCUT2D eigenvalue weighted by atomic mass is 79.9. The lowest BCUT2D eigenvalue weighted by atomic mass is 10.2. The average molecular weight is 314 g/mol. The van der Waals surface area contributed by atoms with E-state index in [-0.39, 0.29) is 5.78 Å². The van der Waals surface area contributed by atoms with Crippen LogP contribution in [-0.4, -0.2) is 20.5 Å². The van der Waals surface area contributed by atoms with E-state index in [1.807, 2.05) is 6.92 Å². The van der Waals surface area contributed by atoms with Gasteiger partial charge in [0.1, 0.15) is 11.4 Å². The summed E-state index contributed by atoms with van der Waals surface area (Å²) >= 11 is 4.84. The predicted octanol–water partition coefficient (Wildman–Crippen LogP) is 3.05. The topological polar surface area (TPSA) is 47.8 Å². The highest BCUT2D eigenvalue weighted by Crippen LogP contribution is 2.21. The van der Waals surface area contributed by atoms with Crippen molar-refractivity contribution in [2.24, 2.45) is 0 Å². The molecule has 0 fully saturated rings. The summed E-state index contributed by atoms with van der Waals surface area (Å²) in [4.78, 5) is 16.5. The first-order valence-electron chi connectivity index (χ1n) is 5.31. The summed E-state index contributed by atoms with van der Waals surface area (Å²) in [5.74, 6) is -0.0767. The van der Waals surface area contributed by atoms with E-state index in [0.717, 1.165) is 22.4 Å². The van der Waals surface area contributed by atoms with Gasteiger partial charge in [-0.05, 0) is 29.3 Å². The van der Waals surface area contributed by atoms with Crippen molar-refractivity contribution in [2.75, 3.05) is 0 Å². The molecule has 2 heterocycles. The smallest absolute Gasteiger partial charge is 0.231 e. The fourth-order valence-corrected chi connectivity index (χ4v) is 2.63. The van der Waals surface area contributed by atoms with Crippen molar-refractivity contribution < 1.29 is 4.79 Å². The minimum Gasteiger partial charge on any atom is -0.285 e. The standard InChI is InChI=1S/C11H12BrN3OS/c1-3-4-15-10(8(12)5-13-15)11(16)9-6-17-7(2)14-9/h5-6H,3-4H2,1-2H3. The van der Waals surface area contributed by atoms with Gasteiger partial charge >= 0.3 is 0 Å². The zero-order valence-electron chi connectivity index (χ0n) is 9.61. The van der Waals surface area contributed by atoms with E-state index >= 15 is 0 Å². The molecule has 0 aliphatic rings. The fraction of sp³-hybridized carbons (Fsp3) is 0.364. The molecule has 90 valence electrons. The minimum atomic E-state index is -0.0767. The number of thiazole rings is 1. The van der Waals surface area contributed by atoms with Crippen LogP contribution in [0.4, 0.5) is 0 Å². The average Bonchev–Trinajstić information content (AvgIpc) is 2.86. The largest absolute Gasteiger partial charge is 0.285 e. The summed E-state index contributed by atoms with van der Waals surface area (Å²) in [7, 11) is 0. The molecular formula is C11H12BrN3OS. The van der Waals surface area contributed by atoms with E-state index in [0.29, 0.717) is 11.4 Å². The van der Waals surface area contributed by atoms with Gasteiger partial charge in [-0.2, -0.15) is 5.10 Å². The molecule has 0 aliphatic heterocycles. The van der Waals surface area contributed by atoms with Crippen LogP contribution >= 0.6 is 27.3 Å². The van der Waals surface area contributed by atoms with E-state index in [1.165, 1.54) is 11.3 Å². The van der Waals surface area contributed by atoms with Gasteiger partial charge in [0.15, 0.2) is 0 Å². The Morgan fingerprint density at radius 3 is 2.94 bits per heavy atom. The second-order valence-electron chi connectivity index (χ2n) is 3.65. The van der Waals surface area contributed by atoms with Gasteiger partial charge in [0, 0.05) is 11.9 Å². The van der Waals surface area contributed by atoms with Crippen LogP contribution in [-0.2, 0) is 6.54 Å². The molecule has 0 unspecified atom stereocenters. The molecule has 0 saturated carbocycles. The monoisotopic (exact) mass is 313 g/mol. The third-order valence-corrected chi connectivity index (χ3v) is 3.65. The minimum absolute atomic E-state index is 0.0767. The lowest BCUT2D eigenvalue weighted by Gasteiger charge is -2.04. The number of carbonyl (C=O) groups excluding carboxylic acids is 1. The van der Waals surface area contributed by atoms with E-state index in [9.17, 15) is 4.79 Å². The number of rotatable bonds is 4. The number of nitrogens with zero attached hydrogens (tertiary/aromatic N) is 3. The summed E-state index contributed by atoms with van der Waals surface area (Å²) in [6, 6.07) is 0. The van der Waals surface area contributed by atoms with Gasteiger partial charge in [-0.15, -0.1) is 11.3 Å². The van der Waals surface area contributed by atoms with Crippen LogP contribution in [0.5, 0.6) is 0 Å². The Morgan fingerprint density at radius 2 is 2.35 bits per heavy atom. The summed E-state index contributed by atoms with van der Waals surface area (Å²) in [5.41, 5.74) is 1.07. The summed E-state index contributed by atoms with van der Waals surface area (Å²) in [5, 5.41) is 6.86. The molecule has 0 N–H and O–H groups in total. The van der Waals surface area contributed by atoms with Crippen molar-refractivity contribution in [2.45, 2.75) is 26.8 Å². The van der Waals surface area contributed by atoms with Crippen LogP contribution in [0, 0.1) is 6.92 Å². The molecule has 0 saturated heterocycles. The Morgan fingerprint density at radius 1 is 1.59 bits per heavy atom. The van der Waals surface area contributed by atoms with Gasteiger partial charge < -0.3 is 0 Å². The van der Waals surface area contributed by atoms with E-state index in [4.69, 9.17) is 0 Å². The molecule has 0 radical (unpaired) electrons. The van der Waals surface area contributed by atoms with Crippen LogP contribution in [0.3, 0.4) is 0 Å². The first-order valence-corrected chi connectivity index (χ1v) is 6.99. The maximum absolute atomic E-state index is 12.3. The van der Waals surface area contributed by atoms with Crippen LogP contribution < -0.4 is 0 Å². The SMILES string of the molecule is CCCn1ncc(Br)c1C(=O)c1csc(C)n1. The molecular weight excluding hydrogens is 302 g/mol. The molecule has 2 aromatic rings. The van der Waals surface area contributed by atoms with Crippen LogP contribution in [0.2, 0.25) is 0 Å². The van der Waals surface area contributed by atoms with E-state index < -0.39 is 0 Å². The highest BCUT2D eigenvalue weighted by molar-refractivity contribution is 9.10. The fourth-order valence-electron chi connectivity index (χ4n) is 1.56. The Labute approximate surface area is 112 Å². The van der Waals surface area contributed by atoms with Crippen molar-refractivity contribution in [1.29, 1.82) is 0 Å². The maximum atomic E-state index is 12.3. The normalized spacial score (nSPS) is 10.8. The number of ketones is 1. The molecule has 0 spiro atoms. The van der Waals surface area contributed by atoms with Gasteiger partial charge in [0.2, 0.25) is 5.78 Å². The third kappa shape index (κ3) is 2.47. The zero-order chi connectivity index (χ0) is 12.4. The van der Waals surface area contributed by atoms with Crippen LogP contribution in [0.25, 0.3) is 0 Å². The van der Waals surface area contributed by atoms with Crippen molar-refractivity contribution in [3.63, 3.8) is 0 Å². The van der Waals surface area contributed by atoms with Gasteiger partial charge in [0.05, 0.1) is 15.7 Å². The first-order chi connectivity index (χ1) is 8.13. The molecule has 2 aromatic heterocycles. The second-order valence-corrected chi connectivity index (χ2v) is 5.56. The lowest BCUT2D eigenvalue weighted by Crippen LogP contribution is -2.12. The van der Waals surface area contributed by atoms with Gasteiger partial charge in [-0.1, -0.05) is 6.92 Å². The van der Waals surface area contributed by atoms with Crippen molar-refractivity contribution in [1.82, 2.24) is 14.8 Å². The zero-order valence-corrected chi connectivity index (χ0v) is 12.0. The number of aryl methyl sites for hydroxylation is 2. The van der Waals surface area contributed by atoms with Crippen molar-refractivity contribution >= 4 is 33.0 Å². The number of carbonyl (C=O) groups is 1. The Balaban J connectivity index is 2.39. The lowest BCUT2D eigenvalue weighted by molar-refractivity contribution is 0.102. The molecule has 2 rings (SSSR count). The molecule has 0 aliphatic carbocycles. The number of hydrogen-bond acceptors (Lipinski definition) is 4. The Hall–Kier alpha value is -1.01. The number of hydrogen-bond donors (Lipinski definition) is 0. The quantitative estimate of drug-likeness (QED) is 0.815. The first kappa shape index (κ1) is 12.4. The molecule has 0 atom stereocenters. The van der Waals surface area contributed by atoms with Gasteiger partial charge in [0.25, 0.3) is 0 Å². The summed E-state index contributed by atoms with van der Waals surface area (Å²) < 4.78 is 2.45. The molecule has 4 nitrogen and oxygen atoms in total. The van der Waals surface area contributed by atoms with Crippen molar-refractivity contribution in [3.8, 4) is 0 Å². The van der Waals surface area contributed by atoms with E-state index in [1.54, 1.807) is 16.3 Å². The molecule has 0 amide bonds. The van der Waals surface area contributed by atoms with Crippen LogP contribution in [0.1, 0.15) is 34.5 Å². The second kappa shape index (κ2) is 5.10. The Bertz CT molecular complexity index is 547. The third-order valence-electron chi connectivity index (χ3n) is 2.30. The van der Waals surface area contributed by atoms with Crippen LogP contribution in [0.15, 0.2) is 16.0 Å². The summed E-state index contributed by atoms with van der Waals surface area (Å²) in [6.45, 7) is 4.67. The van der Waals surface area contributed by atoms with E-state index in [2.05, 4.69) is 32.9 Å².